The van der Waals surface area contributed by atoms with Gasteiger partial charge >= 0.3 is 21.1 Å². The summed E-state index contributed by atoms with van der Waals surface area (Å²) < 4.78 is 10.4. The Kier molecular flexibility index (Phi) is 8.00. The minimum atomic E-state index is 0. The van der Waals surface area contributed by atoms with Crippen LogP contribution in [-0.4, -0.2) is 32.4 Å². The van der Waals surface area contributed by atoms with Crippen molar-refractivity contribution in [2.24, 2.45) is 0 Å². The zero-order valence-corrected chi connectivity index (χ0v) is 28.3. The molecule has 0 bridgehead atoms. The molecule has 4 aromatic carbocycles. The summed E-state index contributed by atoms with van der Waals surface area (Å²) in [4.78, 5) is 7.17. The number of benzene rings is 4. The molecule has 0 aliphatic carbocycles. The SMILES string of the molecule is Cc1ccnc(-n2c3[c-]c(Oc4[c-]c(-n5cc(-c6c(C)cc(N7CCCC7)cc6C)cn5)ccc4)ccc3c3ccccc32)c1.[Pt+2]. The van der Waals surface area contributed by atoms with E-state index in [0.29, 0.717) is 11.5 Å². The van der Waals surface area contributed by atoms with E-state index in [1.807, 2.05) is 47.4 Å². The topological polar surface area (TPSA) is 48.1 Å². The van der Waals surface area contributed by atoms with E-state index in [1.165, 1.54) is 35.2 Å². The zero-order valence-electron chi connectivity index (χ0n) is 26.0. The minimum absolute atomic E-state index is 0. The summed E-state index contributed by atoms with van der Waals surface area (Å²) in [7, 11) is 0. The van der Waals surface area contributed by atoms with Gasteiger partial charge in [0, 0.05) is 53.7 Å². The normalized spacial score (nSPS) is 13.0. The van der Waals surface area contributed by atoms with Gasteiger partial charge in [-0.25, -0.2) is 4.98 Å². The largest absolute Gasteiger partial charge is 2.00 e. The first-order chi connectivity index (χ1) is 22.0. The van der Waals surface area contributed by atoms with Crippen molar-refractivity contribution in [2.45, 2.75) is 33.6 Å². The third-order valence-electron chi connectivity index (χ3n) is 8.77. The monoisotopic (exact) mass is 782 g/mol. The molecule has 1 saturated heterocycles. The standard InChI is InChI=1S/C39H33N5O.Pt/c1-26-15-16-40-38(19-26)44-36-12-5-4-11-34(36)35-14-13-33(23-37(35)44)45-32-10-8-9-30(22-32)43-25-29(24-41-43)39-27(2)20-31(21-28(39)3)42-17-6-7-18-42;/h4-5,8-16,19-21,24-25H,6-7,17-18H2,1-3H3;/q-2;+2. The molecule has 0 amide bonds. The van der Waals surface area contributed by atoms with Gasteiger partial charge < -0.3 is 14.2 Å². The molecule has 0 spiro atoms. The van der Waals surface area contributed by atoms with Gasteiger partial charge in [0.25, 0.3) is 0 Å². The van der Waals surface area contributed by atoms with Gasteiger partial charge in [-0.2, -0.15) is 17.2 Å². The zero-order chi connectivity index (χ0) is 30.5. The molecule has 0 saturated carbocycles. The van der Waals surface area contributed by atoms with Crippen LogP contribution in [0.3, 0.4) is 0 Å². The van der Waals surface area contributed by atoms with Gasteiger partial charge in [0.2, 0.25) is 0 Å². The molecule has 0 N–H and O–H groups in total. The maximum atomic E-state index is 6.36. The summed E-state index contributed by atoms with van der Waals surface area (Å²) in [6.45, 7) is 8.76. The van der Waals surface area contributed by atoms with Gasteiger partial charge in [-0.15, -0.1) is 35.7 Å². The Morgan fingerprint density at radius 1 is 0.783 bits per heavy atom. The number of hydrogen-bond acceptors (Lipinski definition) is 4. The van der Waals surface area contributed by atoms with Crippen LogP contribution < -0.4 is 9.64 Å². The Morgan fingerprint density at radius 3 is 2.37 bits per heavy atom. The number of aryl methyl sites for hydroxylation is 3. The Morgan fingerprint density at radius 2 is 1.57 bits per heavy atom. The molecule has 1 aliphatic rings. The number of rotatable bonds is 6. The maximum Gasteiger partial charge on any atom is 2.00 e. The number of aromatic nitrogens is 4. The first kappa shape index (κ1) is 30.0. The molecule has 3 aromatic heterocycles. The summed E-state index contributed by atoms with van der Waals surface area (Å²) in [5, 5.41) is 6.96. The molecule has 0 unspecified atom stereocenters. The quantitative estimate of drug-likeness (QED) is 0.158. The molecule has 8 rings (SSSR count). The van der Waals surface area contributed by atoms with E-state index in [1.54, 1.807) is 0 Å². The molecular weight excluding hydrogens is 750 g/mol. The Balaban J connectivity index is 0.00000338. The summed E-state index contributed by atoms with van der Waals surface area (Å²) in [6, 6.07) is 34.0. The van der Waals surface area contributed by atoms with E-state index in [9.17, 15) is 0 Å². The van der Waals surface area contributed by atoms with Gasteiger partial charge in [-0.1, -0.05) is 23.7 Å². The summed E-state index contributed by atoms with van der Waals surface area (Å²) in [5.74, 6) is 2.06. The van der Waals surface area contributed by atoms with Gasteiger partial charge in [0.1, 0.15) is 5.82 Å². The van der Waals surface area contributed by atoms with E-state index < -0.39 is 0 Å². The van der Waals surface area contributed by atoms with Crippen molar-refractivity contribution in [3.63, 3.8) is 0 Å². The first-order valence-corrected chi connectivity index (χ1v) is 15.5. The second-order valence-electron chi connectivity index (χ2n) is 12.0. The van der Waals surface area contributed by atoms with Gasteiger partial charge in [-0.05, 0) is 97.3 Å². The number of hydrogen-bond donors (Lipinski definition) is 0. The van der Waals surface area contributed by atoms with E-state index in [-0.39, 0.29) is 21.1 Å². The molecule has 46 heavy (non-hydrogen) atoms. The van der Waals surface area contributed by atoms with E-state index >= 15 is 0 Å². The second kappa shape index (κ2) is 12.3. The van der Waals surface area contributed by atoms with Crippen LogP contribution >= 0.6 is 0 Å². The number of para-hydroxylation sites is 1. The average molecular weight is 783 g/mol. The molecule has 1 fully saturated rings. The number of anilines is 1. The summed E-state index contributed by atoms with van der Waals surface area (Å²) >= 11 is 0. The molecule has 4 heterocycles. The Labute approximate surface area is 283 Å². The summed E-state index contributed by atoms with van der Waals surface area (Å²) in [6.07, 6.45) is 8.40. The van der Waals surface area contributed by atoms with Crippen LogP contribution in [0.25, 0.3) is 44.4 Å². The molecule has 0 radical (unpaired) electrons. The van der Waals surface area contributed by atoms with E-state index in [2.05, 4.69) is 102 Å². The van der Waals surface area contributed by atoms with Crippen molar-refractivity contribution in [1.82, 2.24) is 19.3 Å². The molecule has 6 nitrogen and oxygen atoms in total. The number of ether oxygens (including phenoxy) is 1. The third-order valence-corrected chi connectivity index (χ3v) is 8.77. The minimum Gasteiger partial charge on any atom is -0.509 e. The van der Waals surface area contributed by atoms with E-state index in [4.69, 9.17) is 9.84 Å². The fourth-order valence-corrected chi connectivity index (χ4v) is 6.70. The molecule has 7 aromatic rings. The van der Waals surface area contributed by atoms with Crippen LogP contribution in [0.2, 0.25) is 0 Å². The number of pyridine rings is 1. The van der Waals surface area contributed by atoms with Crippen molar-refractivity contribution >= 4 is 27.5 Å². The average Bonchev–Trinajstić information content (AvgIpc) is 3.81. The van der Waals surface area contributed by atoms with Crippen LogP contribution in [0.1, 0.15) is 29.5 Å². The predicted molar refractivity (Wildman–Crippen MR) is 181 cm³/mol. The van der Waals surface area contributed by atoms with Gasteiger partial charge in [-0.3, -0.25) is 4.68 Å². The van der Waals surface area contributed by atoms with Crippen molar-refractivity contribution in [2.75, 3.05) is 18.0 Å². The number of fused-ring (bicyclic) bond motifs is 3. The predicted octanol–water partition coefficient (Wildman–Crippen LogP) is 8.95. The molecule has 230 valence electrons. The van der Waals surface area contributed by atoms with Crippen LogP contribution in [0.15, 0.2) is 97.5 Å². The third kappa shape index (κ3) is 5.41. The van der Waals surface area contributed by atoms with Crippen molar-refractivity contribution in [3.05, 3.63) is 126 Å². The van der Waals surface area contributed by atoms with Crippen molar-refractivity contribution in [1.29, 1.82) is 0 Å². The Bertz CT molecular complexity index is 2190. The molecule has 1 aliphatic heterocycles. The van der Waals surface area contributed by atoms with Gasteiger partial charge in [0.05, 0.1) is 6.20 Å². The number of nitrogens with zero attached hydrogens (tertiary/aromatic N) is 5. The smallest absolute Gasteiger partial charge is 0.509 e. The fraction of sp³-hybridized carbons (Fsp3) is 0.179. The molecule has 7 heteroatoms. The Hall–Kier alpha value is -4.67. The molecular formula is C39H33N5OPt. The van der Waals surface area contributed by atoms with Crippen molar-refractivity contribution in [3.8, 4) is 34.1 Å². The first-order valence-electron chi connectivity index (χ1n) is 15.5. The van der Waals surface area contributed by atoms with E-state index in [0.717, 1.165) is 57.5 Å². The summed E-state index contributed by atoms with van der Waals surface area (Å²) in [5.41, 5.74) is 10.1. The fourth-order valence-electron chi connectivity index (χ4n) is 6.70. The van der Waals surface area contributed by atoms with Crippen LogP contribution in [-0.2, 0) is 21.1 Å². The van der Waals surface area contributed by atoms with Crippen molar-refractivity contribution < 1.29 is 25.8 Å². The van der Waals surface area contributed by atoms with Gasteiger partial charge in [0.15, 0.2) is 0 Å². The van der Waals surface area contributed by atoms with Crippen LogP contribution in [0.4, 0.5) is 5.69 Å². The maximum absolute atomic E-state index is 6.36. The van der Waals surface area contributed by atoms with Crippen LogP contribution in [0.5, 0.6) is 11.5 Å². The second-order valence-corrected chi connectivity index (χ2v) is 12.0. The molecule has 0 atom stereocenters. The van der Waals surface area contributed by atoms with Crippen LogP contribution in [0, 0.1) is 32.9 Å².